The summed E-state index contributed by atoms with van der Waals surface area (Å²) in [6, 6.07) is 0. The Morgan fingerprint density at radius 3 is 2.10 bits per heavy atom. The van der Waals surface area contributed by atoms with Crippen LogP contribution in [0.5, 0.6) is 0 Å². The number of hydrogen-bond donors (Lipinski definition) is 1. The van der Waals surface area contributed by atoms with Crippen LogP contribution >= 0.6 is 0 Å². The normalized spacial score (nSPS) is 13.3. The molecule has 0 aliphatic rings. The van der Waals surface area contributed by atoms with Crippen molar-refractivity contribution in [2.75, 3.05) is 33.9 Å². The quantitative estimate of drug-likeness (QED) is 0.172. The topological polar surface area (TPSA) is 87.7 Å². The lowest BCUT2D eigenvalue weighted by atomic mass is 10.3. The van der Waals surface area contributed by atoms with Crippen LogP contribution in [0.25, 0.3) is 0 Å². The van der Waals surface area contributed by atoms with Gasteiger partial charge in [-0.2, -0.15) is 0 Å². The molecule has 0 fully saturated rings. The summed E-state index contributed by atoms with van der Waals surface area (Å²) < 4.78 is 32.9. The molecule has 0 aromatic heterocycles. The Hall–Kier alpha value is -0.510. The Bertz CT molecular complexity index is 382. The van der Waals surface area contributed by atoms with Crippen molar-refractivity contribution in [3.63, 3.8) is 0 Å². The first-order valence-corrected chi connectivity index (χ1v) is 8.28. The SMILES string of the molecule is C=C(C)CONC(CC)[N+](C)(C)CC.CCOS(=O)(=O)[O-]. The van der Waals surface area contributed by atoms with Crippen molar-refractivity contribution < 1.29 is 26.5 Å². The summed E-state index contributed by atoms with van der Waals surface area (Å²) in [7, 11) is -0.0248. The fraction of sp³-hybridized carbons (Fsp3) is 0.846. The van der Waals surface area contributed by atoms with Gasteiger partial charge in [0.1, 0.15) is 0 Å². The number of nitrogens with zero attached hydrogens (tertiary/aromatic N) is 1. The molecule has 0 aliphatic carbocycles. The molecule has 128 valence electrons. The van der Waals surface area contributed by atoms with Gasteiger partial charge in [-0.05, 0) is 20.8 Å². The second-order valence-electron chi connectivity index (χ2n) is 5.20. The van der Waals surface area contributed by atoms with Gasteiger partial charge in [-0.25, -0.2) is 8.42 Å². The third-order valence-electron chi connectivity index (χ3n) is 2.85. The fourth-order valence-electron chi connectivity index (χ4n) is 1.35. The van der Waals surface area contributed by atoms with Gasteiger partial charge in [-0.15, -0.1) is 5.48 Å². The number of hydrogen-bond acceptors (Lipinski definition) is 6. The van der Waals surface area contributed by atoms with E-state index in [9.17, 15) is 13.0 Å². The van der Waals surface area contributed by atoms with E-state index in [-0.39, 0.29) is 6.61 Å². The first-order chi connectivity index (χ1) is 9.50. The smallest absolute Gasteiger partial charge is 0.217 e. The molecule has 0 aliphatic heterocycles. The maximum Gasteiger partial charge on any atom is 0.217 e. The number of quaternary nitrogens is 1. The molecule has 1 N–H and O–H groups in total. The van der Waals surface area contributed by atoms with Crippen LogP contribution in [0.3, 0.4) is 0 Å². The molecule has 0 bridgehead atoms. The minimum Gasteiger partial charge on any atom is -0.726 e. The van der Waals surface area contributed by atoms with Crippen LogP contribution in [0.1, 0.15) is 34.1 Å². The van der Waals surface area contributed by atoms with Crippen molar-refractivity contribution in [2.24, 2.45) is 0 Å². The Morgan fingerprint density at radius 1 is 1.33 bits per heavy atom. The van der Waals surface area contributed by atoms with E-state index in [1.807, 2.05) is 6.92 Å². The molecule has 0 saturated carbocycles. The molecule has 0 rings (SSSR count). The molecule has 7 nitrogen and oxygen atoms in total. The standard InChI is InChI=1S/C11H25N2O.C2H6O4S/c1-7-11(13(5,6)8-2)12-14-9-10(3)4;1-2-6-7(3,4)5/h11-12H,3,7-9H2,1-2,4-6H3;2H2,1H3,(H,3,4,5)/q+1;/p-1. The summed E-state index contributed by atoms with van der Waals surface area (Å²) in [5.74, 6) is 0. The van der Waals surface area contributed by atoms with E-state index >= 15 is 0 Å². The predicted octanol–water partition coefficient (Wildman–Crippen LogP) is 1.40. The first kappa shape index (κ1) is 22.8. The molecule has 0 heterocycles. The second-order valence-corrected chi connectivity index (χ2v) is 6.25. The highest BCUT2D eigenvalue weighted by atomic mass is 32.3. The van der Waals surface area contributed by atoms with E-state index in [1.54, 1.807) is 0 Å². The maximum atomic E-state index is 9.45. The van der Waals surface area contributed by atoms with Gasteiger partial charge < -0.3 is 9.04 Å². The van der Waals surface area contributed by atoms with Gasteiger partial charge in [0.25, 0.3) is 0 Å². The average molecular weight is 326 g/mol. The van der Waals surface area contributed by atoms with Crippen molar-refractivity contribution >= 4 is 10.4 Å². The monoisotopic (exact) mass is 326 g/mol. The van der Waals surface area contributed by atoms with Crippen LogP contribution in [0.2, 0.25) is 0 Å². The molecular formula is C13H30N2O5S. The third kappa shape index (κ3) is 14.2. The van der Waals surface area contributed by atoms with E-state index < -0.39 is 10.4 Å². The fourth-order valence-corrected chi connectivity index (χ4v) is 1.63. The van der Waals surface area contributed by atoms with Crippen LogP contribution in [-0.2, 0) is 19.4 Å². The Balaban J connectivity index is 0. The van der Waals surface area contributed by atoms with Gasteiger partial charge in [-0.3, -0.25) is 9.02 Å². The van der Waals surface area contributed by atoms with Crippen molar-refractivity contribution in [1.29, 1.82) is 0 Å². The van der Waals surface area contributed by atoms with E-state index in [2.05, 4.69) is 44.2 Å². The summed E-state index contributed by atoms with van der Waals surface area (Å²) in [5, 5.41) is 0. The van der Waals surface area contributed by atoms with Crippen LogP contribution in [0.4, 0.5) is 0 Å². The first-order valence-electron chi connectivity index (χ1n) is 6.94. The van der Waals surface area contributed by atoms with E-state index in [0.29, 0.717) is 12.8 Å². The van der Waals surface area contributed by atoms with Crippen molar-refractivity contribution in [3.8, 4) is 0 Å². The Kier molecular flexibility index (Phi) is 12.0. The van der Waals surface area contributed by atoms with Gasteiger partial charge in [0, 0.05) is 6.42 Å². The Labute approximate surface area is 129 Å². The minimum absolute atomic E-state index is 0.0914. The van der Waals surface area contributed by atoms with Crippen LogP contribution < -0.4 is 5.48 Å². The van der Waals surface area contributed by atoms with Gasteiger partial charge >= 0.3 is 0 Å². The van der Waals surface area contributed by atoms with Crippen LogP contribution in [-0.4, -0.2) is 57.5 Å². The zero-order valence-corrected chi connectivity index (χ0v) is 14.8. The highest BCUT2D eigenvalue weighted by Gasteiger charge is 2.24. The molecule has 0 aromatic carbocycles. The number of hydroxylamine groups is 1. The van der Waals surface area contributed by atoms with Gasteiger partial charge in [0.2, 0.25) is 10.4 Å². The lowest BCUT2D eigenvalue weighted by molar-refractivity contribution is -0.920. The van der Waals surface area contributed by atoms with Gasteiger partial charge in [0.05, 0.1) is 33.9 Å². The zero-order chi connectivity index (χ0) is 17.1. The summed E-state index contributed by atoms with van der Waals surface area (Å²) in [6.45, 7) is 13.1. The molecule has 1 atom stereocenters. The largest absolute Gasteiger partial charge is 0.726 e. The zero-order valence-electron chi connectivity index (χ0n) is 14.0. The molecule has 0 radical (unpaired) electrons. The Morgan fingerprint density at radius 2 is 1.86 bits per heavy atom. The maximum absolute atomic E-state index is 9.45. The van der Waals surface area contributed by atoms with Crippen molar-refractivity contribution in [3.05, 3.63) is 12.2 Å². The van der Waals surface area contributed by atoms with Gasteiger partial charge in [-0.1, -0.05) is 19.1 Å². The summed E-state index contributed by atoms with van der Waals surface area (Å²) in [4.78, 5) is 5.37. The lowest BCUT2D eigenvalue weighted by Crippen LogP contribution is -2.55. The van der Waals surface area contributed by atoms with Crippen LogP contribution in [0, 0.1) is 0 Å². The predicted molar refractivity (Wildman–Crippen MR) is 82.0 cm³/mol. The van der Waals surface area contributed by atoms with E-state index in [1.165, 1.54) is 6.92 Å². The lowest BCUT2D eigenvalue weighted by Gasteiger charge is -2.36. The summed E-state index contributed by atoms with van der Waals surface area (Å²) in [5.41, 5.74) is 4.14. The summed E-state index contributed by atoms with van der Waals surface area (Å²) in [6.07, 6.45) is 1.40. The second kappa shape index (κ2) is 11.1. The molecule has 0 spiro atoms. The molecule has 0 amide bonds. The molecule has 21 heavy (non-hydrogen) atoms. The number of rotatable bonds is 9. The molecular weight excluding hydrogens is 296 g/mol. The van der Waals surface area contributed by atoms with Gasteiger partial charge in [0.15, 0.2) is 6.17 Å². The van der Waals surface area contributed by atoms with E-state index in [4.69, 9.17) is 4.84 Å². The van der Waals surface area contributed by atoms with Crippen molar-refractivity contribution in [1.82, 2.24) is 5.48 Å². The molecule has 0 aromatic rings. The molecule has 0 saturated heterocycles. The average Bonchev–Trinajstić information content (AvgIpc) is 2.33. The van der Waals surface area contributed by atoms with E-state index in [0.717, 1.165) is 23.0 Å². The number of nitrogens with one attached hydrogen (secondary N) is 1. The molecule has 8 heteroatoms. The third-order valence-corrected chi connectivity index (χ3v) is 3.37. The highest BCUT2D eigenvalue weighted by Crippen LogP contribution is 2.07. The van der Waals surface area contributed by atoms with Crippen molar-refractivity contribution in [2.45, 2.75) is 40.3 Å². The minimum atomic E-state index is -4.42. The molecule has 1 unspecified atom stereocenters. The summed E-state index contributed by atoms with van der Waals surface area (Å²) >= 11 is 0. The van der Waals surface area contributed by atoms with Crippen LogP contribution in [0.15, 0.2) is 12.2 Å². The highest BCUT2D eigenvalue weighted by molar-refractivity contribution is 7.80.